The first-order chi connectivity index (χ1) is 14.0. The summed E-state index contributed by atoms with van der Waals surface area (Å²) in [7, 11) is 1.88. The van der Waals surface area contributed by atoms with Gasteiger partial charge in [0.1, 0.15) is 5.75 Å². The lowest BCUT2D eigenvalue weighted by Gasteiger charge is -2.14. The fraction of sp³-hybridized carbons (Fsp3) is 0.286. The number of benzene rings is 2. The van der Waals surface area contributed by atoms with Gasteiger partial charge >= 0.3 is 0 Å². The average molecular weight is 522 g/mol. The monoisotopic (exact) mass is 522 g/mol. The molecule has 1 heterocycles. The Labute approximate surface area is 188 Å². The van der Waals surface area contributed by atoms with Crippen molar-refractivity contribution in [2.75, 3.05) is 11.1 Å². The molecule has 152 valence electrons. The number of ether oxygens (including phenoxy) is 1. The van der Waals surface area contributed by atoms with Crippen LogP contribution in [0.3, 0.4) is 0 Å². The second kappa shape index (κ2) is 10.1. The highest BCUT2D eigenvalue weighted by Gasteiger charge is 2.18. The predicted octanol–water partition coefficient (Wildman–Crippen LogP) is 4.85. The van der Waals surface area contributed by atoms with Crippen molar-refractivity contribution in [1.29, 1.82) is 0 Å². The molecule has 29 heavy (non-hydrogen) atoms. The van der Waals surface area contributed by atoms with Crippen molar-refractivity contribution in [2.24, 2.45) is 7.05 Å². The van der Waals surface area contributed by atoms with Crippen molar-refractivity contribution in [3.63, 3.8) is 0 Å². The number of carbonyl (C=O) groups is 1. The van der Waals surface area contributed by atoms with E-state index in [-0.39, 0.29) is 17.8 Å². The Morgan fingerprint density at radius 2 is 1.86 bits per heavy atom. The van der Waals surface area contributed by atoms with E-state index in [4.69, 9.17) is 4.74 Å². The summed E-state index contributed by atoms with van der Waals surface area (Å²) >= 11 is 3.58. The van der Waals surface area contributed by atoms with Crippen LogP contribution in [0.15, 0.2) is 53.7 Å². The Bertz CT molecular complexity index is 958. The van der Waals surface area contributed by atoms with Crippen LogP contribution in [0.4, 0.5) is 5.69 Å². The molecule has 0 aliphatic heterocycles. The van der Waals surface area contributed by atoms with Gasteiger partial charge in [0, 0.05) is 16.3 Å². The zero-order valence-corrected chi connectivity index (χ0v) is 19.5. The second-order valence-corrected chi connectivity index (χ2v) is 8.69. The number of nitrogens with zero attached hydrogens (tertiary/aromatic N) is 3. The van der Waals surface area contributed by atoms with E-state index in [1.165, 1.54) is 17.3 Å². The van der Waals surface area contributed by atoms with Gasteiger partial charge < -0.3 is 14.6 Å². The van der Waals surface area contributed by atoms with Crippen LogP contribution in [0, 0.1) is 3.57 Å². The van der Waals surface area contributed by atoms with Gasteiger partial charge in [-0.3, -0.25) is 4.79 Å². The number of thioether (sulfide) groups is 1. The molecule has 1 atom stereocenters. The number of aryl methyl sites for hydroxylation is 1. The molecular weight excluding hydrogens is 499 g/mol. The van der Waals surface area contributed by atoms with E-state index < -0.39 is 0 Å². The summed E-state index contributed by atoms with van der Waals surface area (Å²) in [6, 6.07) is 15.7. The van der Waals surface area contributed by atoms with Crippen molar-refractivity contribution < 1.29 is 9.53 Å². The van der Waals surface area contributed by atoms with Crippen molar-refractivity contribution in [3.05, 3.63) is 63.5 Å². The molecule has 0 unspecified atom stereocenters. The number of rotatable bonds is 8. The molecule has 0 fully saturated rings. The Kier molecular flexibility index (Phi) is 7.54. The fourth-order valence-electron chi connectivity index (χ4n) is 2.73. The number of halogens is 1. The highest BCUT2D eigenvalue weighted by Crippen LogP contribution is 2.24. The first-order valence-electron chi connectivity index (χ1n) is 9.29. The normalized spacial score (nSPS) is 11.9. The first kappa shape index (κ1) is 21.6. The van der Waals surface area contributed by atoms with Gasteiger partial charge in [0.25, 0.3) is 0 Å². The summed E-state index contributed by atoms with van der Waals surface area (Å²) in [6.45, 7) is 4.06. The molecule has 0 saturated heterocycles. The summed E-state index contributed by atoms with van der Waals surface area (Å²) in [6.07, 6.45) is 0.742. The third kappa shape index (κ3) is 5.96. The Morgan fingerprint density at radius 3 is 2.52 bits per heavy atom. The van der Waals surface area contributed by atoms with Crippen molar-refractivity contribution >= 4 is 45.9 Å². The van der Waals surface area contributed by atoms with E-state index in [1.54, 1.807) is 0 Å². The quantitative estimate of drug-likeness (QED) is 0.338. The molecule has 1 N–H and O–H groups in total. The van der Waals surface area contributed by atoms with Gasteiger partial charge in [-0.05, 0) is 77.9 Å². The van der Waals surface area contributed by atoms with Crippen LogP contribution in [0.1, 0.15) is 31.3 Å². The lowest BCUT2D eigenvalue weighted by molar-refractivity contribution is -0.113. The van der Waals surface area contributed by atoms with Gasteiger partial charge in [-0.1, -0.05) is 30.8 Å². The molecule has 3 rings (SSSR count). The third-order valence-electron chi connectivity index (χ3n) is 4.34. The fourth-order valence-corrected chi connectivity index (χ4v) is 3.80. The van der Waals surface area contributed by atoms with E-state index in [0.29, 0.717) is 11.0 Å². The maximum absolute atomic E-state index is 12.2. The second-order valence-electron chi connectivity index (χ2n) is 6.50. The summed E-state index contributed by atoms with van der Waals surface area (Å²) in [5.41, 5.74) is 2.05. The van der Waals surface area contributed by atoms with Crippen LogP contribution >= 0.6 is 34.4 Å². The predicted molar refractivity (Wildman–Crippen MR) is 124 cm³/mol. The molecule has 8 heteroatoms. The minimum atomic E-state index is -0.255. The van der Waals surface area contributed by atoms with Crippen LogP contribution in [0.2, 0.25) is 0 Å². The SMILES string of the molecule is CCc1ccc(O[C@@H](C)c2nnc(SCC(=O)Nc3ccc(I)cc3)n2C)cc1. The highest BCUT2D eigenvalue weighted by molar-refractivity contribution is 14.1. The summed E-state index contributed by atoms with van der Waals surface area (Å²) < 4.78 is 8.99. The van der Waals surface area contributed by atoms with Crippen LogP contribution in [0.25, 0.3) is 0 Å². The molecule has 2 aromatic carbocycles. The molecule has 0 radical (unpaired) electrons. The van der Waals surface area contributed by atoms with Gasteiger partial charge in [0.15, 0.2) is 17.1 Å². The molecule has 6 nitrogen and oxygen atoms in total. The van der Waals surface area contributed by atoms with Crippen LogP contribution in [0.5, 0.6) is 5.75 Å². The van der Waals surface area contributed by atoms with Crippen molar-refractivity contribution in [3.8, 4) is 5.75 Å². The molecule has 0 aliphatic rings. The third-order valence-corrected chi connectivity index (χ3v) is 6.08. The van der Waals surface area contributed by atoms with Crippen molar-refractivity contribution in [2.45, 2.75) is 31.5 Å². The van der Waals surface area contributed by atoms with E-state index in [0.717, 1.165) is 21.4 Å². The molecule has 1 amide bonds. The smallest absolute Gasteiger partial charge is 0.234 e. The van der Waals surface area contributed by atoms with Crippen LogP contribution < -0.4 is 10.1 Å². The highest BCUT2D eigenvalue weighted by atomic mass is 127. The Morgan fingerprint density at radius 1 is 1.17 bits per heavy atom. The number of amides is 1. The van der Waals surface area contributed by atoms with E-state index in [9.17, 15) is 4.79 Å². The summed E-state index contributed by atoms with van der Waals surface area (Å²) in [4.78, 5) is 12.2. The lowest BCUT2D eigenvalue weighted by atomic mass is 10.2. The van der Waals surface area contributed by atoms with Crippen LogP contribution in [-0.2, 0) is 18.3 Å². The van der Waals surface area contributed by atoms with E-state index in [1.807, 2.05) is 54.9 Å². The number of nitrogens with one attached hydrogen (secondary N) is 1. The molecular formula is C21H23IN4O2S. The zero-order valence-electron chi connectivity index (χ0n) is 16.6. The number of hydrogen-bond acceptors (Lipinski definition) is 5. The minimum absolute atomic E-state index is 0.0823. The number of carbonyl (C=O) groups excluding carboxylic acids is 1. The topological polar surface area (TPSA) is 69.0 Å². The van der Waals surface area contributed by atoms with Gasteiger partial charge in [-0.2, -0.15) is 0 Å². The van der Waals surface area contributed by atoms with Gasteiger partial charge in [0.2, 0.25) is 5.91 Å². The number of anilines is 1. The summed E-state index contributed by atoms with van der Waals surface area (Å²) in [5, 5.41) is 12.0. The Hall–Kier alpha value is -2.07. The first-order valence-corrected chi connectivity index (χ1v) is 11.4. The van der Waals surface area contributed by atoms with E-state index >= 15 is 0 Å². The maximum Gasteiger partial charge on any atom is 0.234 e. The number of aromatic nitrogens is 3. The lowest BCUT2D eigenvalue weighted by Crippen LogP contribution is -2.14. The van der Waals surface area contributed by atoms with Gasteiger partial charge in [-0.15, -0.1) is 10.2 Å². The van der Waals surface area contributed by atoms with Crippen molar-refractivity contribution in [1.82, 2.24) is 14.8 Å². The largest absolute Gasteiger partial charge is 0.483 e. The molecule has 0 bridgehead atoms. The molecule has 0 aliphatic carbocycles. The molecule has 1 aromatic heterocycles. The average Bonchev–Trinajstić information content (AvgIpc) is 3.09. The standard InChI is InChI=1S/C21H23IN4O2S/c1-4-15-5-11-18(12-6-15)28-14(2)20-24-25-21(26(20)3)29-13-19(27)23-17-9-7-16(22)8-10-17/h5-12,14H,4,13H2,1-3H3,(H,23,27)/t14-/m0/s1. The Balaban J connectivity index is 1.56. The number of hydrogen-bond donors (Lipinski definition) is 1. The minimum Gasteiger partial charge on any atom is -0.483 e. The molecule has 0 spiro atoms. The van der Waals surface area contributed by atoms with Crippen LogP contribution in [-0.4, -0.2) is 26.4 Å². The molecule has 3 aromatic rings. The van der Waals surface area contributed by atoms with Gasteiger partial charge in [0.05, 0.1) is 5.75 Å². The van der Waals surface area contributed by atoms with E-state index in [2.05, 4.69) is 57.2 Å². The van der Waals surface area contributed by atoms with Gasteiger partial charge in [-0.25, -0.2) is 0 Å². The molecule has 0 saturated carbocycles. The maximum atomic E-state index is 12.2. The summed E-state index contributed by atoms with van der Waals surface area (Å²) in [5.74, 6) is 1.68. The zero-order chi connectivity index (χ0) is 20.8.